The van der Waals surface area contributed by atoms with Gasteiger partial charge in [-0.15, -0.1) is 0 Å². The average molecular weight is 414 g/mol. The van der Waals surface area contributed by atoms with Gasteiger partial charge in [-0.2, -0.15) is 0 Å². The van der Waals surface area contributed by atoms with Crippen LogP contribution in [0.5, 0.6) is 0 Å². The maximum Gasteiger partial charge on any atom is 0.191 e. The number of benzene rings is 1. The van der Waals surface area contributed by atoms with Crippen molar-refractivity contribution in [2.45, 2.75) is 24.8 Å². The van der Waals surface area contributed by atoms with Crippen molar-refractivity contribution in [3.63, 3.8) is 0 Å². The van der Waals surface area contributed by atoms with E-state index in [0.717, 1.165) is 55.2 Å². The number of aliphatic imine (C=N–C) groups is 1. The van der Waals surface area contributed by atoms with Crippen molar-refractivity contribution in [2.75, 3.05) is 44.8 Å². The first-order chi connectivity index (χ1) is 14.2. The van der Waals surface area contributed by atoms with Gasteiger partial charge in [0.15, 0.2) is 5.96 Å². The van der Waals surface area contributed by atoms with Crippen LogP contribution in [0.3, 0.4) is 0 Å². The molecule has 154 valence electrons. The van der Waals surface area contributed by atoms with Gasteiger partial charge in [-0.05, 0) is 36.6 Å². The summed E-state index contributed by atoms with van der Waals surface area (Å²) >= 11 is 6.19. The van der Waals surface area contributed by atoms with Crippen LogP contribution in [-0.4, -0.2) is 50.8 Å². The monoisotopic (exact) mass is 413 g/mol. The summed E-state index contributed by atoms with van der Waals surface area (Å²) in [6.07, 6.45) is 4.19. The third kappa shape index (κ3) is 4.82. The Kier molecular flexibility index (Phi) is 6.21. The predicted octanol–water partition coefficient (Wildman–Crippen LogP) is 2.97. The van der Waals surface area contributed by atoms with Gasteiger partial charge < -0.3 is 20.3 Å². The fourth-order valence-electron chi connectivity index (χ4n) is 3.82. The molecule has 6 nitrogen and oxygen atoms in total. The van der Waals surface area contributed by atoms with Gasteiger partial charge in [0, 0.05) is 55.4 Å². The van der Waals surface area contributed by atoms with E-state index in [1.807, 2.05) is 24.4 Å². The highest BCUT2D eigenvalue weighted by Gasteiger charge is 2.44. The highest BCUT2D eigenvalue weighted by atomic mass is 35.5. The second-order valence-corrected chi connectivity index (χ2v) is 8.09. The fourth-order valence-corrected chi connectivity index (χ4v) is 4.01. The van der Waals surface area contributed by atoms with Crippen molar-refractivity contribution in [1.29, 1.82) is 0 Å². The molecule has 1 aromatic heterocycles. The van der Waals surface area contributed by atoms with E-state index in [1.54, 1.807) is 7.05 Å². The molecule has 1 saturated heterocycles. The van der Waals surface area contributed by atoms with Crippen molar-refractivity contribution >= 4 is 23.4 Å². The highest BCUT2D eigenvalue weighted by molar-refractivity contribution is 6.30. The van der Waals surface area contributed by atoms with Crippen LogP contribution in [-0.2, 0) is 16.7 Å². The molecule has 29 heavy (non-hydrogen) atoms. The summed E-state index contributed by atoms with van der Waals surface area (Å²) < 4.78 is 5.47. The molecule has 0 unspecified atom stereocenters. The molecule has 2 heterocycles. The highest BCUT2D eigenvalue weighted by Crippen LogP contribution is 2.48. The number of aromatic nitrogens is 1. The third-order valence-corrected chi connectivity index (χ3v) is 5.97. The van der Waals surface area contributed by atoms with Crippen LogP contribution in [0.1, 0.15) is 24.0 Å². The van der Waals surface area contributed by atoms with Crippen molar-refractivity contribution in [2.24, 2.45) is 4.99 Å². The summed E-state index contributed by atoms with van der Waals surface area (Å²) in [6, 6.07) is 12.3. The summed E-state index contributed by atoms with van der Waals surface area (Å²) in [7, 11) is 1.81. The summed E-state index contributed by atoms with van der Waals surface area (Å²) in [4.78, 5) is 11.3. The Morgan fingerprint density at radius 2 is 2.03 bits per heavy atom. The lowest BCUT2D eigenvalue weighted by Crippen LogP contribution is -2.41. The Bertz CT molecular complexity index is 862. The second kappa shape index (κ2) is 9.01. The molecular weight excluding hydrogens is 386 g/mol. The molecular formula is C22H28ClN5O. The summed E-state index contributed by atoms with van der Waals surface area (Å²) in [5.74, 6) is 1.83. The number of ether oxygens (including phenoxy) is 1. The van der Waals surface area contributed by atoms with Crippen LogP contribution in [0, 0.1) is 0 Å². The van der Waals surface area contributed by atoms with Gasteiger partial charge in [-0.3, -0.25) is 4.99 Å². The zero-order valence-electron chi connectivity index (χ0n) is 16.8. The largest absolute Gasteiger partial charge is 0.378 e. The first-order valence-electron chi connectivity index (χ1n) is 10.2. The molecule has 7 heteroatoms. The van der Waals surface area contributed by atoms with Crippen LogP contribution in [0.2, 0.25) is 5.02 Å². The topological polar surface area (TPSA) is 61.8 Å². The molecule has 1 aliphatic heterocycles. The van der Waals surface area contributed by atoms with Gasteiger partial charge in [0.05, 0.1) is 13.2 Å². The Hall–Kier alpha value is -2.31. The number of guanidine groups is 1. The molecule has 0 radical (unpaired) electrons. The number of halogens is 1. The number of rotatable bonds is 6. The normalized spacial score (nSPS) is 18.4. The Morgan fingerprint density at radius 3 is 2.76 bits per heavy atom. The SMILES string of the molecule is CN=C(NCc1cccnc1N1CCOCC1)NCC1(c2cccc(Cl)c2)CC1. The number of nitrogens with zero attached hydrogens (tertiary/aromatic N) is 3. The van der Waals surface area contributed by atoms with E-state index in [2.05, 4.69) is 43.7 Å². The third-order valence-electron chi connectivity index (χ3n) is 5.73. The van der Waals surface area contributed by atoms with Crippen LogP contribution >= 0.6 is 11.6 Å². The molecule has 2 aromatic rings. The molecule has 0 spiro atoms. The number of nitrogens with one attached hydrogen (secondary N) is 2. The molecule has 4 rings (SSSR count). The van der Waals surface area contributed by atoms with Crippen LogP contribution in [0.15, 0.2) is 47.6 Å². The lowest BCUT2D eigenvalue weighted by Gasteiger charge is -2.29. The molecule has 2 fully saturated rings. The standard InChI is InChI=1S/C22H28ClN5O/c1-24-21(27-16-22(7-8-22)18-5-2-6-19(23)14-18)26-15-17-4-3-9-25-20(17)28-10-12-29-13-11-28/h2-6,9,14H,7-8,10-13,15-16H2,1H3,(H2,24,26,27). The van der Waals surface area contributed by atoms with Crippen molar-refractivity contribution in [3.8, 4) is 0 Å². The quantitative estimate of drug-likeness (QED) is 0.563. The molecule has 1 aromatic carbocycles. The molecule has 2 N–H and O–H groups in total. The van der Waals surface area contributed by atoms with Crippen LogP contribution in [0.25, 0.3) is 0 Å². The van der Waals surface area contributed by atoms with Gasteiger partial charge in [-0.25, -0.2) is 4.98 Å². The minimum Gasteiger partial charge on any atom is -0.378 e. The molecule has 2 aliphatic rings. The lowest BCUT2D eigenvalue weighted by molar-refractivity contribution is 0.122. The number of morpholine rings is 1. The van der Waals surface area contributed by atoms with E-state index >= 15 is 0 Å². The Labute approximate surface area is 177 Å². The Balaban J connectivity index is 1.36. The minimum atomic E-state index is 0.162. The number of hydrogen-bond acceptors (Lipinski definition) is 4. The van der Waals surface area contributed by atoms with Gasteiger partial charge in [0.2, 0.25) is 0 Å². The van der Waals surface area contributed by atoms with Crippen LogP contribution < -0.4 is 15.5 Å². The summed E-state index contributed by atoms with van der Waals surface area (Å²) in [6.45, 7) is 4.76. The van der Waals surface area contributed by atoms with E-state index in [9.17, 15) is 0 Å². The first-order valence-corrected chi connectivity index (χ1v) is 10.6. The van der Waals surface area contributed by atoms with E-state index in [4.69, 9.17) is 16.3 Å². The number of anilines is 1. The van der Waals surface area contributed by atoms with Crippen molar-refractivity contribution < 1.29 is 4.74 Å². The van der Waals surface area contributed by atoms with Gasteiger partial charge in [0.1, 0.15) is 5.82 Å². The second-order valence-electron chi connectivity index (χ2n) is 7.66. The van der Waals surface area contributed by atoms with Crippen molar-refractivity contribution in [1.82, 2.24) is 15.6 Å². The average Bonchev–Trinajstić information content (AvgIpc) is 3.56. The van der Waals surface area contributed by atoms with E-state index in [0.29, 0.717) is 6.54 Å². The molecule has 1 saturated carbocycles. The minimum absolute atomic E-state index is 0.162. The summed E-state index contributed by atoms with van der Waals surface area (Å²) in [5, 5.41) is 7.74. The molecule has 0 amide bonds. The van der Waals surface area contributed by atoms with Crippen LogP contribution in [0.4, 0.5) is 5.82 Å². The van der Waals surface area contributed by atoms with Crippen molar-refractivity contribution in [3.05, 3.63) is 58.7 Å². The van der Waals surface area contributed by atoms with E-state index < -0.39 is 0 Å². The van der Waals surface area contributed by atoms with E-state index in [-0.39, 0.29) is 5.41 Å². The van der Waals surface area contributed by atoms with E-state index in [1.165, 1.54) is 18.4 Å². The van der Waals surface area contributed by atoms with Gasteiger partial charge >= 0.3 is 0 Å². The summed E-state index contributed by atoms with van der Waals surface area (Å²) in [5.41, 5.74) is 2.62. The number of hydrogen-bond donors (Lipinski definition) is 2. The maximum absolute atomic E-state index is 6.19. The van der Waals surface area contributed by atoms with Gasteiger partial charge in [-0.1, -0.05) is 29.8 Å². The zero-order valence-corrected chi connectivity index (χ0v) is 17.6. The Morgan fingerprint density at radius 1 is 1.21 bits per heavy atom. The number of pyridine rings is 1. The lowest BCUT2D eigenvalue weighted by atomic mass is 9.96. The smallest absolute Gasteiger partial charge is 0.191 e. The fraction of sp³-hybridized carbons (Fsp3) is 0.455. The molecule has 0 atom stereocenters. The van der Waals surface area contributed by atoms with Gasteiger partial charge in [0.25, 0.3) is 0 Å². The maximum atomic E-state index is 6.19. The predicted molar refractivity (Wildman–Crippen MR) is 118 cm³/mol. The molecule has 0 bridgehead atoms. The zero-order chi connectivity index (χ0) is 20.1. The molecule has 1 aliphatic carbocycles. The first kappa shape index (κ1) is 20.0.